The summed E-state index contributed by atoms with van der Waals surface area (Å²) in [5.41, 5.74) is 0. The summed E-state index contributed by atoms with van der Waals surface area (Å²) in [7, 11) is 1.58. The van der Waals surface area contributed by atoms with Crippen LogP contribution >= 0.6 is 23.1 Å². The molecule has 0 saturated carbocycles. The number of ether oxygens (including phenoxy) is 2. The summed E-state index contributed by atoms with van der Waals surface area (Å²) in [6, 6.07) is 7.16. The SMILES string of the molecule is C=CCSc1nnc(NC(=O)[C@H](CC)Oc2cccc(OC)c2)s1. The monoisotopic (exact) mass is 365 g/mol. The Morgan fingerprint density at radius 1 is 1.46 bits per heavy atom. The molecule has 0 saturated heterocycles. The predicted octanol–water partition coefficient (Wildman–Crippen LogP) is 3.62. The maximum absolute atomic E-state index is 12.4. The Bertz CT molecular complexity index is 691. The van der Waals surface area contributed by atoms with Crippen LogP contribution in [0.5, 0.6) is 11.5 Å². The third kappa shape index (κ3) is 5.24. The fourth-order valence-electron chi connectivity index (χ4n) is 1.80. The molecule has 0 radical (unpaired) electrons. The quantitative estimate of drug-likeness (QED) is 0.416. The summed E-state index contributed by atoms with van der Waals surface area (Å²) in [5.74, 6) is 1.75. The van der Waals surface area contributed by atoms with Gasteiger partial charge in [0.05, 0.1) is 7.11 Å². The second-order valence-corrected chi connectivity index (χ2v) is 6.90. The molecule has 8 heteroatoms. The van der Waals surface area contributed by atoms with Gasteiger partial charge in [-0.05, 0) is 18.6 Å². The molecule has 1 aromatic carbocycles. The van der Waals surface area contributed by atoms with Crippen molar-refractivity contribution in [2.75, 3.05) is 18.2 Å². The summed E-state index contributed by atoms with van der Waals surface area (Å²) in [4.78, 5) is 12.4. The minimum Gasteiger partial charge on any atom is -0.497 e. The Morgan fingerprint density at radius 2 is 2.25 bits per heavy atom. The van der Waals surface area contributed by atoms with Gasteiger partial charge in [-0.15, -0.1) is 16.8 Å². The van der Waals surface area contributed by atoms with E-state index in [0.29, 0.717) is 23.1 Å². The molecule has 1 amide bonds. The normalized spacial score (nSPS) is 11.6. The first-order valence-electron chi connectivity index (χ1n) is 7.35. The summed E-state index contributed by atoms with van der Waals surface area (Å²) < 4.78 is 11.7. The van der Waals surface area contributed by atoms with E-state index in [1.54, 1.807) is 25.3 Å². The van der Waals surface area contributed by atoms with Crippen molar-refractivity contribution < 1.29 is 14.3 Å². The number of methoxy groups -OCH3 is 1. The van der Waals surface area contributed by atoms with Crippen molar-refractivity contribution in [3.63, 3.8) is 0 Å². The van der Waals surface area contributed by atoms with Gasteiger partial charge in [0.15, 0.2) is 10.4 Å². The Hall–Kier alpha value is -2.06. The maximum atomic E-state index is 12.4. The number of nitrogens with zero attached hydrogens (tertiary/aromatic N) is 2. The number of amides is 1. The first-order chi connectivity index (χ1) is 11.7. The molecular weight excluding hydrogens is 346 g/mol. The fourth-order valence-corrected chi connectivity index (χ4v) is 3.31. The molecule has 0 aliphatic carbocycles. The Labute approximate surface area is 149 Å². The highest BCUT2D eigenvalue weighted by atomic mass is 32.2. The lowest BCUT2D eigenvalue weighted by atomic mass is 10.2. The molecule has 2 rings (SSSR count). The lowest BCUT2D eigenvalue weighted by molar-refractivity contribution is -0.122. The molecule has 0 unspecified atom stereocenters. The van der Waals surface area contributed by atoms with Gasteiger partial charge in [0.25, 0.3) is 5.91 Å². The number of carbonyl (C=O) groups is 1. The van der Waals surface area contributed by atoms with Crippen LogP contribution in [0.3, 0.4) is 0 Å². The van der Waals surface area contributed by atoms with E-state index in [9.17, 15) is 4.79 Å². The van der Waals surface area contributed by atoms with Gasteiger partial charge >= 0.3 is 0 Å². The average Bonchev–Trinajstić information content (AvgIpc) is 3.05. The number of hydrogen-bond donors (Lipinski definition) is 1. The van der Waals surface area contributed by atoms with Gasteiger partial charge in [-0.25, -0.2) is 0 Å². The topological polar surface area (TPSA) is 73.3 Å². The van der Waals surface area contributed by atoms with Crippen molar-refractivity contribution in [2.45, 2.75) is 23.8 Å². The summed E-state index contributed by atoms with van der Waals surface area (Å²) in [6.07, 6.45) is 1.70. The number of rotatable bonds is 9. The minimum atomic E-state index is -0.620. The molecule has 0 aliphatic heterocycles. The number of aromatic nitrogens is 2. The average molecular weight is 365 g/mol. The molecule has 0 spiro atoms. The molecule has 6 nitrogen and oxygen atoms in total. The molecule has 1 N–H and O–H groups in total. The lowest BCUT2D eigenvalue weighted by Crippen LogP contribution is -2.32. The number of thioether (sulfide) groups is 1. The molecule has 1 heterocycles. The Morgan fingerprint density at radius 3 is 2.96 bits per heavy atom. The van der Waals surface area contributed by atoms with Gasteiger partial charge in [-0.2, -0.15) is 0 Å². The van der Waals surface area contributed by atoms with Crippen LogP contribution in [0.15, 0.2) is 41.3 Å². The van der Waals surface area contributed by atoms with Crippen LogP contribution < -0.4 is 14.8 Å². The molecule has 128 valence electrons. The summed E-state index contributed by atoms with van der Waals surface area (Å²) in [6.45, 7) is 5.54. The fraction of sp³-hybridized carbons (Fsp3) is 0.312. The highest BCUT2D eigenvalue weighted by molar-refractivity contribution is 8.01. The third-order valence-corrected chi connectivity index (χ3v) is 4.91. The van der Waals surface area contributed by atoms with E-state index in [2.05, 4.69) is 22.1 Å². The number of benzene rings is 1. The van der Waals surface area contributed by atoms with E-state index in [-0.39, 0.29) is 5.91 Å². The number of carbonyl (C=O) groups excluding carboxylic acids is 1. The van der Waals surface area contributed by atoms with Gasteiger partial charge < -0.3 is 9.47 Å². The molecule has 0 aliphatic rings. The minimum absolute atomic E-state index is 0.253. The maximum Gasteiger partial charge on any atom is 0.267 e. The zero-order chi connectivity index (χ0) is 17.4. The van der Waals surface area contributed by atoms with Crippen molar-refractivity contribution in [3.8, 4) is 11.5 Å². The molecule has 2 aromatic rings. The largest absolute Gasteiger partial charge is 0.497 e. The second kappa shape index (κ2) is 9.29. The summed E-state index contributed by atoms with van der Waals surface area (Å²) in [5, 5.41) is 11.2. The second-order valence-electron chi connectivity index (χ2n) is 4.66. The van der Waals surface area contributed by atoms with E-state index in [1.807, 2.05) is 19.1 Å². The molecule has 0 fully saturated rings. The highest BCUT2D eigenvalue weighted by Crippen LogP contribution is 2.26. The van der Waals surface area contributed by atoms with E-state index < -0.39 is 6.10 Å². The summed E-state index contributed by atoms with van der Waals surface area (Å²) >= 11 is 2.85. The van der Waals surface area contributed by atoms with Gasteiger partial charge in [-0.3, -0.25) is 10.1 Å². The van der Waals surface area contributed by atoms with Crippen molar-refractivity contribution in [1.29, 1.82) is 0 Å². The lowest BCUT2D eigenvalue weighted by Gasteiger charge is -2.16. The Balaban J connectivity index is 1.97. The third-order valence-electron chi connectivity index (χ3n) is 2.94. The smallest absolute Gasteiger partial charge is 0.267 e. The van der Waals surface area contributed by atoms with Gasteiger partial charge in [0.2, 0.25) is 5.13 Å². The predicted molar refractivity (Wildman–Crippen MR) is 97.2 cm³/mol. The van der Waals surface area contributed by atoms with Gasteiger partial charge in [-0.1, -0.05) is 42.2 Å². The molecule has 1 atom stereocenters. The molecular formula is C16H19N3O3S2. The van der Waals surface area contributed by atoms with Crippen LogP contribution in [-0.2, 0) is 4.79 Å². The number of nitrogens with one attached hydrogen (secondary N) is 1. The first kappa shape index (κ1) is 18.3. The van der Waals surface area contributed by atoms with E-state index in [0.717, 1.165) is 10.1 Å². The molecule has 0 bridgehead atoms. The van der Waals surface area contributed by atoms with Gasteiger partial charge in [0.1, 0.15) is 11.5 Å². The van der Waals surface area contributed by atoms with Crippen molar-refractivity contribution in [3.05, 3.63) is 36.9 Å². The molecule has 24 heavy (non-hydrogen) atoms. The number of anilines is 1. The van der Waals surface area contributed by atoms with Gasteiger partial charge in [0, 0.05) is 11.8 Å². The van der Waals surface area contributed by atoms with E-state index in [4.69, 9.17) is 9.47 Å². The van der Waals surface area contributed by atoms with E-state index in [1.165, 1.54) is 23.1 Å². The van der Waals surface area contributed by atoms with Crippen molar-refractivity contribution in [2.24, 2.45) is 0 Å². The molecule has 1 aromatic heterocycles. The van der Waals surface area contributed by atoms with Crippen LogP contribution in [-0.4, -0.2) is 35.1 Å². The van der Waals surface area contributed by atoms with Crippen molar-refractivity contribution in [1.82, 2.24) is 10.2 Å². The van der Waals surface area contributed by atoms with Crippen LogP contribution in [0.25, 0.3) is 0 Å². The van der Waals surface area contributed by atoms with Crippen LogP contribution in [0.1, 0.15) is 13.3 Å². The first-order valence-corrected chi connectivity index (χ1v) is 9.15. The van der Waals surface area contributed by atoms with Crippen LogP contribution in [0, 0.1) is 0 Å². The zero-order valence-corrected chi connectivity index (χ0v) is 15.2. The number of hydrogen-bond acceptors (Lipinski definition) is 7. The zero-order valence-electron chi connectivity index (χ0n) is 13.5. The standard InChI is InChI=1S/C16H19N3O3S2/c1-4-9-23-16-19-18-15(24-16)17-14(20)13(5-2)22-12-8-6-7-11(10-12)21-3/h4,6-8,10,13H,1,5,9H2,2-3H3,(H,17,18,20)/t13-/m0/s1. The highest BCUT2D eigenvalue weighted by Gasteiger charge is 2.20. The van der Waals surface area contributed by atoms with Crippen molar-refractivity contribution >= 4 is 34.1 Å². The van der Waals surface area contributed by atoms with Crippen LogP contribution in [0.2, 0.25) is 0 Å². The Kier molecular flexibility index (Phi) is 7.07. The van der Waals surface area contributed by atoms with Crippen LogP contribution in [0.4, 0.5) is 5.13 Å². The van der Waals surface area contributed by atoms with E-state index >= 15 is 0 Å².